The SMILES string of the molecule is O=C1S/C(=C/c2cc(I)c(OCc3cccc(F)c3)c(I)c2)C(=O)N1Cc1cccc([N+](=O)[O-])c1. The van der Waals surface area contributed by atoms with Gasteiger partial charge in [-0.15, -0.1) is 0 Å². The summed E-state index contributed by atoms with van der Waals surface area (Å²) in [6.07, 6.45) is 1.64. The van der Waals surface area contributed by atoms with Gasteiger partial charge in [-0.25, -0.2) is 4.39 Å². The Kier molecular flexibility index (Phi) is 8.06. The summed E-state index contributed by atoms with van der Waals surface area (Å²) in [6, 6.07) is 15.7. The molecule has 0 atom stereocenters. The van der Waals surface area contributed by atoms with Crippen LogP contribution in [-0.4, -0.2) is 21.0 Å². The van der Waals surface area contributed by atoms with Crippen molar-refractivity contribution < 1.29 is 23.6 Å². The Bertz CT molecular complexity index is 1360. The molecule has 0 saturated carbocycles. The molecule has 1 saturated heterocycles. The highest BCUT2D eigenvalue weighted by Gasteiger charge is 2.35. The number of rotatable bonds is 7. The topological polar surface area (TPSA) is 89.8 Å². The summed E-state index contributed by atoms with van der Waals surface area (Å²) in [6.45, 7) is 0.158. The molecule has 178 valence electrons. The summed E-state index contributed by atoms with van der Waals surface area (Å²) in [5.74, 6) is -0.139. The second-order valence-electron chi connectivity index (χ2n) is 7.43. The van der Waals surface area contributed by atoms with Crippen molar-refractivity contribution >= 4 is 79.9 Å². The van der Waals surface area contributed by atoms with Crippen molar-refractivity contribution in [2.45, 2.75) is 13.2 Å². The zero-order valence-corrected chi connectivity index (χ0v) is 22.9. The monoisotopic (exact) mass is 716 g/mol. The Morgan fingerprint density at radius 2 is 1.71 bits per heavy atom. The van der Waals surface area contributed by atoms with Gasteiger partial charge in [0.05, 0.1) is 23.5 Å². The number of carbonyl (C=O) groups excluding carboxylic acids is 2. The van der Waals surface area contributed by atoms with Gasteiger partial charge < -0.3 is 4.74 Å². The number of benzene rings is 3. The van der Waals surface area contributed by atoms with E-state index in [1.807, 2.05) is 12.1 Å². The van der Waals surface area contributed by atoms with Crippen LogP contribution >= 0.6 is 56.9 Å². The van der Waals surface area contributed by atoms with Gasteiger partial charge in [-0.2, -0.15) is 0 Å². The van der Waals surface area contributed by atoms with Crippen LogP contribution in [-0.2, 0) is 17.9 Å². The zero-order valence-electron chi connectivity index (χ0n) is 17.7. The molecule has 1 aliphatic rings. The largest absolute Gasteiger partial charge is 0.487 e. The van der Waals surface area contributed by atoms with E-state index >= 15 is 0 Å². The van der Waals surface area contributed by atoms with E-state index in [2.05, 4.69) is 45.2 Å². The molecular weight excluding hydrogens is 701 g/mol. The van der Waals surface area contributed by atoms with Crippen molar-refractivity contribution in [1.82, 2.24) is 4.90 Å². The number of amides is 2. The van der Waals surface area contributed by atoms with Gasteiger partial charge in [0.1, 0.15) is 18.2 Å². The maximum Gasteiger partial charge on any atom is 0.293 e. The first-order chi connectivity index (χ1) is 16.7. The molecule has 2 amide bonds. The summed E-state index contributed by atoms with van der Waals surface area (Å²) >= 11 is 5.08. The maximum absolute atomic E-state index is 13.4. The van der Waals surface area contributed by atoms with Crippen LogP contribution in [0.2, 0.25) is 0 Å². The first-order valence-electron chi connectivity index (χ1n) is 10.1. The number of hydrogen-bond donors (Lipinski definition) is 0. The Morgan fingerprint density at radius 1 is 1.03 bits per heavy atom. The van der Waals surface area contributed by atoms with Crippen molar-refractivity contribution in [2.24, 2.45) is 0 Å². The van der Waals surface area contributed by atoms with Crippen LogP contribution < -0.4 is 4.74 Å². The molecule has 4 rings (SSSR count). The van der Waals surface area contributed by atoms with Crippen molar-refractivity contribution in [2.75, 3.05) is 0 Å². The highest BCUT2D eigenvalue weighted by Crippen LogP contribution is 2.36. The van der Waals surface area contributed by atoms with Crippen LogP contribution in [0.15, 0.2) is 65.6 Å². The lowest BCUT2D eigenvalue weighted by molar-refractivity contribution is -0.384. The van der Waals surface area contributed by atoms with Gasteiger partial charge in [0, 0.05) is 12.1 Å². The van der Waals surface area contributed by atoms with E-state index in [9.17, 15) is 24.1 Å². The van der Waals surface area contributed by atoms with Crippen LogP contribution in [0, 0.1) is 23.1 Å². The lowest BCUT2D eigenvalue weighted by atomic mass is 10.1. The Labute approximate surface area is 231 Å². The first kappa shape index (κ1) is 25.6. The van der Waals surface area contributed by atoms with E-state index in [0.717, 1.165) is 29.4 Å². The number of nitro groups is 1. The number of thioether (sulfide) groups is 1. The summed E-state index contributed by atoms with van der Waals surface area (Å²) in [5.41, 5.74) is 1.82. The third-order valence-electron chi connectivity index (χ3n) is 4.93. The summed E-state index contributed by atoms with van der Waals surface area (Å²) in [5, 5.41) is 10.6. The van der Waals surface area contributed by atoms with E-state index in [-0.39, 0.29) is 29.6 Å². The Balaban J connectivity index is 1.50. The lowest BCUT2D eigenvalue weighted by Crippen LogP contribution is -2.27. The molecule has 0 spiro atoms. The van der Waals surface area contributed by atoms with E-state index in [0.29, 0.717) is 16.9 Å². The van der Waals surface area contributed by atoms with E-state index in [1.165, 1.54) is 30.3 Å². The molecular formula is C24H15FI2N2O5S. The van der Waals surface area contributed by atoms with Gasteiger partial charge in [0.15, 0.2) is 0 Å². The number of carbonyl (C=O) groups is 2. The molecule has 0 aromatic heterocycles. The van der Waals surface area contributed by atoms with Crippen LogP contribution in [0.1, 0.15) is 16.7 Å². The maximum atomic E-state index is 13.4. The Morgan fingerprint density at radius 3 is 2.40 bits per heavy atom. The number of ether oxygens (including phenoxy) is 1. The fraction of sp³-hybridized carbons (Fsp3) is 0.0833. The van der Waals surface area contributed by atoms with Gasteiger partial charge in [-0.3, -0.25) is 24.6 Å². The molecule has 1 aliphatic heterocycles. The van der Waals surface area contributed by atoms with Crippen LogP contribution in [0.25, 0.3) is 6.08 Å². The highest BCUT2D eigenvalue weighted by atomic mass is 127. The average molecular weight is 716 g/mol. The normalized spacial score (nSPS) is 14.6. The van der Waals surface area contributed by atoms with Crippen molar-refractivity contribution in [3.63, 3.8) is 0 Å². The second kappa shape index (κ2) is 11.0. The van der Waals surface area contributed by atoms with Crippen molar-refractivity contribution in [3.05, 3.63) is 105 Å². The number of halogens is 3. The quantitative estimate of drug-likeness (QED) is 0.116. The van der Waals surface area contributed by atoms with Crippen LogP contribution in [0.4, 0.5) is 14.9 Å². The number of nitrogens with zero attached hydrogens (tertiary/aromatic N) is 2. The second-order valence-corrected chi connectivity index (χ2v) is 10.7. The molecule has 35 heavy (non-hydrogen) atoms. The minimum absolute atomic E-state index is 0.0500. The van der Waals surface area contributed by atoms with Crippen molar-refractivity contribution in [3.8, 4) is 5.75 Å². The van der Waals surface area contributed by atoms with Crippen molar-refractivity contribution in [1.29, 1.82) is 0 Å². The lowest BCUT2D eigenvalue weighted by Gasteiger charge is -2.12. The van der Waals surface area contributed by atoms with Gasteiger partial charge >= 0.3 is 0 Å². The molecule has 0 aliphatic carbocycles. The van der Waals surface area contributed by atoms with Gasteiger partial charge in [-0.05, 0) is 104 Å². The number of hydrogen-bond acceptors (Lipinski definition) is 6. The van der Waals surface area contributed by atoms with E-state index < -0.39 is 16.1 Å². The van der Waals surface area contributed by atoms with Gasteiger partial charge in [0.25, 0.3) is 16.8 Å². The number of nitro benzene ring substituents is 1. The molecule has 7 nitrogen and oxygen atoms in total. The van der Waals surface area contributed by atoms with Gasteiger partial charge in [-0.1, -0.05) is 24.3 Å². The third-order valence-corrected chi connectivity index (χ3v) is 7.44. The predicted octanol–water partition coefficient (Wildman–Crippen LogP) is 6.76. The summed E-state index contributed by atoms with van der Waals surface area (Å²) in [7, 11) is 0. The van der Waals surface area contributed by atoms with Crippen LogP contribution in [0.5, 0.6) is 5.75 Å². The molecule has 3 aromatic carbocycles. The number of non-ortho nitro benzene ring substituents is 1. The molecule has 0 unspecified atom stereocenters. The molecule has 11 heteroatoms. The summed E-state index contributed by atoms with van der Waals surface area (Å²) in [4.78, 5) is 37.2. The smallest absolute Gasteiger partial charge is 0.293 e. The van der Waals surface area contributed by atoms with E-state index in [1.54, 1.807) is 24.3 Å². The van der Waals surface area contributed by atoms with Gasteiger partial charge in [0.2, 0.25) is 0 Å². The van der Waals surface area contributed by atoms with Crippen LogP contribution in [0.3, 0.4) is 0 Å². The molecule has 0 radical (unpaired) electrons. The minimum atomic E-state index is -0.522. The fourth-order valence-electron chi connectivity index (χ4n) is 3.32. The summed E-state index contributed by atoms with van der Waals surface area (Å²) < 4.78 is 20.9. The highest BCUT2D eigenvalue weighted by molar-refractivity contribution is 14.1. The molecule has 1 fully saturated rings. The molecule has 1 heterocycles. The molecule has 0 N–H and O–H groups in total. The predicted molar refractivity (Wildman–Crippen MR) is 147 cm³/mol. The molecule has 0 bridgehead atoms. The standard InChI is InChI=1S/C24H15FI2N2O5S/c25-17-5-1-4-15(7-17)13-34-22-19(26)9-16(10-20(22)27)11-21-23(30)28(24(31)35-21)12-14-3-2-6-18(8-14)29(32)33/h1-11H,12-13H2/b21-11+. The fourth-order valence-corrected chi connectivity index (χ4v) is 6.29. The molecule has 3 aromatic rings. The number of imide groups is 1. The average Bonchev–Trinajstić information content (AvgIpc) is 3.06. The third kappa shape index (κ3) is 6.19. The minimum Gasteiger partial charge on any atom is -0.487 e. The Hall–Kier alpha value is -2.52. The van der Waals surface area contributed by atoms with E-state index in [4.69, 9.17) is 4.74 Å². The first-order valence-corrected chi connectivity index (χ1v) is 13.0. The zero-order chi connectivity index (χ0) is 25.1.